The molecule has 1 N–H and O–H groups in total. The van der Waals surface area contributed by atoms with Crippen LogP contribution in [0.5, 0.6) is 5.75 Å². The third kappa shape index (κ3) is 4.87. The molecule has 1 aromatic heterocycles. The van der Waals surface area contributed by atoms with Crippen LogP contribution in [0.25, 0.3) is 0 Å². The smallest absolute Gasteiger partial charge is 0.119 e. The Kier molecular flexibility index (Phi) is 6.22. The number of benzene rings is 1. The van der Waals surface area contributed by atoms with Crippen molar-refractivity contribution in [2.45, 2.75) is 32.7 Å². The van der Waals surface area contributed by atoms with E-state index in [1.54, 1.807) is 7.11 Å². The van der Waals surface area contributed by atoms with Crippen molar-refractivity contribution in [1.29, 1.82) is 0 Å². The van der Waals surface area contributed by atoms with Crippen LogP contribution < -0.4 is 10.1 Å². The number of aromatic nitrogens is 1. The summed E-state index contributed by atoms with van der Waals surface area (Å²) in [4.78, 5) is 4.34. The third-order valence-corrected chi connectivity index (χ3v) is 3.62. The summed E-state index contributed by atoms with van der Waals surface area (Å²) >= 11 is 0. The van der Waals surface area contributed by atoms with Gasteiger partial charge in [-0.25, -0.2) is 0 Å². The molecule has 0 bridgehead atoms. The van der Waals surface area contributed by atoms with Gasteiger partial charge in [0.15, 0.2) is 0 Å². The molecular weight excluding hydrogens is 260 g/mol. The Bertz CT molecular complexity index is 540. The molecule has 0 aliphatic heterocycles. The molecule has 3 heteroatoms. The molecule has 21 heavy (non-hydrogen) atoms. The van der Waals surface area contributed by atoms with E-state index in [9.17, 15) is 0 Å². The van der Waals surface area contributed by atoms with Crippen molar-refractivity contribution in [2.75, 3.05) is 13.7 Å². The van der Waals surface area contributed by atoms with Gasteiger partial charge in [0, 0.05) is 18.4 Å². The first-order valence-electron chi connectivity index (χ1n) is 7.60. The van der Waals surface area contributed by atoms with Gasteiger partial charge in [0.25, 0.3) is 0 Å². The van der Waals surface area contributed by atoms with E-state index in [1.165, 1.54) is 11.1 Å². The summed E-state index contributed by atoms with van der Waals surface area (Å²) in [6.07, 6.45) is 5.02. The predicted octanol–water partition coefficient (Wildman–Crippen LogP) is 3.38. The van der Waals surface area contributed by atoms with E-state index in [1.807, 2.05) is 24.4 Å². The van der Waals surface area contributed by atoms with Crippen molar-refractivity contribution in [1.82, 2.24) is 10.3 Å². The first kappa shape index (κ1) is 15.5. The van der Waals surface area contributed by atoms with E-state index >= 15 is 0 Å². The maximum Gasteiger partial charge on any atom is 0.119 e. The highest BCUT2D eigenvalue weighted by Crippen LogP contribution is 2.18. The van der Waals surface area contributed by atoms with Crippen molar-refractivity contribution in [2.24, 2.45) is 0 Å². The van der Waals surface area contributed by atoms with Crippen LogP contribution in [0.3, 0.4) is 0 Å². The van der Waals surface area contributed by atoms with Gasteiger partial charge in [-0.15, -0.1) is 0 Å². The van der Waals surface area contributed by atoms with Crippen molar-refractivity contribution in [3.63, 3.8) is 0 Å². The molecule has 112 valence electrons. The largest absolute Gasteiger partial charge is 0.497 e. The molecule has 0 amide bonds. The van der Waals surface area contributed by atoms with Gasteiger partial charge in [0.1, 0.15) is 5.75 Å². The average molecular weight is 284 g/mol. The second-order valence-electron chi connectivity index (χ2n) is 5.09. The maximum atomic E-state index is 5.28. The fraction of sp³-hybridized carbons (Fsp3) is 0.389. The van der Waals surface area contributed by atoms with Crippen LogP contribution in [0.2, 0.25) is 0 Å². The highest BCUT2D eigenvalue weighted by Gasteiger charge is 2.02. The van der Waals surface area contributed by atoms with Crippen LogP contribution in [-0.4, -0.2) is 18.6 Å². The Morgan fingerprint density at radius 1 is 1.14 bits per heavy atom. The minimum absolute atomic E-state index is 0.912. The van der Waals surface area contributed by atoms with Gasteiger partial charge in [-0.3, -0.25) is 4.98 Å². The number of nitrogens with zero attached hydrogens (tertiary/aromatic N) is 1. The summed E-state index contributed by atoms with van der Waals surface area (Å²) in [6.45, 7) is 4.10. The van der Waals surface area contributed by atoms with Crippen LogP contribution in [0, 0.1) is 0 Å². The van der Waals surface area contributed by atoms with E-state index in [-0.39, 0.29) is 0 Å². The minimum Gasteiger partial charge on any atom is -0.497 e. The summed E-state index contributed by atoms with van der Waals surface area (Å²) in [6, 6.07) is 12.4. The van der Waals surface area contributed by atoms with Gasteiger partial charge in [-0.05, 0) is 61.2 Å². The minimum atomic E-state index is 0.912. The number of hydrogen-bond acceptors (Lipinski definition) is 3. The summed E-state index contributed by atoms with van der Waals surface area (Å²) in [5.74, 6) is 0.936. The number of aryl methyl sites for hydroxylation is 2. The number of methoxy groups -OCH3 is 1. The predicted molar refractivity (Wildman–Crippen MR) is 86.6 cm³/mol. The fourth-order valence-electron chi connectivity index (χ4n) is 2.39. The van der Waals surface area contributed by atoms with Gasteiger partial charge < -0.3 is 10.1 Å². The van der Waals surface area contributed by atoms with Crippen molar-refractivity contribution in [3.05, 3.63) is 59.4 Å². The number of nitrogens with one attached hydrogen (secondary N) is 1. The molecule has 0 radical (unpaired) electrons. The number of pyridine rings is 1. The molecule has 1 heterocycles. The van der Waals surface area contributed by atoms with Crippen molar-refractivity contribution >= 4 is 0 Å². The van der Waals surface area contributed by atoms with Crippen molar-refractivity contribution < 1.29 is 4.74 Å². The number of hydrogen-bond donors (Lipinski definition) is 1. The Balaban J connectivity index is 1.76. The van der Waals surface area contributed by atoms with Crippen LogP contribution in [0.4, 0.5) is 0 Å². The van der Waals surface area contributed by atoms with Gasteiger partial charge in [-0.1, -0.05) is 19.1 Å². The quantitative estimate of drug-likeness (QED) is 0.755. The lowest BCUT2D eigenvalue weighted by Gasteiger charge is -2.11. The maximum absolute atomic E-state index is 5.28. The lowest BCUT2D eigenvalue weighted by atomic mass is 10.0. The number of ether oxygens (including phenoxy) is 1. The molecule has 0 saturated heterocycles. The Labute approximate surface area is 127 Å². The number of rotatable bonds is 8. The highest BCUT2D eigenvalue weighted by molar-refractivity contribution is 5.35. The molecule has 1 aromatic carbocycles. The molecule has 3 nitrogen and oxygen atoms in total. The summed E-state index contributed by atoms with van der Waals surface area (Å²) in [5, 5.41) is 3.52. The van der Waals surface area contributed by atoms with Gasteiger partial charge in [-0.2, -0.15) is 0 Å². The molecule has 0 unspecified atom stereocenters. The first-order chi connectivity index (χ1) is 10.3. The average Bonchev–Trinajstić information content (AvgIpc) is 2.55. The van der Waals surface area contributed by atoms with E-state index < -0.39 is 0 Å². The standard InChI is InChI=1S/C18H24N2O/c1-3-15-13-18(21-2)10-9-16(15)14-19-11-6-8-17-7-4-5-12-20-17/h4-5,7,9-10,12-13,19H,3,6,8,11,14H2,1-2H3. The molecule has 0 atom stereocenters. The molecule has 0 spiro atoms. The summed E-state index contributed by atoms with van der Waals surface area (Å²) < 4.78 is 5.28. The molecule has 0 aliphatic rings. The third-order valence-electron chi connectivity index (χ3n) is 3.62. The van der Waals surface area contributed by atoms with E-state index in [2.05, 4.69) is 35.4 Å². The van der Waals surface area contributed by atoms with Gasteiger partial charge >= 0.3 is 0 Å². The second-order valence-corrected chi connectivity index (χ2v) is 5.09. The fourth-order valence-corrected chi connectivity index (χ4v) is 2.39. The van der Waals surface area contributed by atoms with Crippen LogP contribution in [0.15, 0.2) is 42.6 Å². The normalized spacial score (nSPS) is 10.6. The van der Waals surface area contributed by atoms with Crippen LogP contribution in [-0.2, 0) is 19.4 Å². The zero-order valence-electron chi connectivity index (χ0n) is 12.9. The topological polar surface area (TPSA) is 34.1 Å². The monoisotopic (exact) mass is 284 g/mol. The zero-order valence-corrected chi connectivity index (χ0v) is 12.9. The second kappa shape index (κ2) is 8.42. The van der Waals surface area contributed by atoms with E-state index in [0.717, 1.165) is 43.8 Å². The summed E-state index contributed by atoms with van der Waals surface area (Å²) in [7, 11) is 1.71. The Hall–Kier alpha value is -1.87. The van der Waals surface area contributed by atoms with Gasteiger partial charge in [0.2, 0.25) is 0 Å². The highest BCUT2D eigenvalue weighted by atomic mass is 16.5. The summed E-state index contributed by atoms with van der Waals surface area (Å²) in [5.41, 5.74) is 3.88. The van der Waals surface area contributed by atoms with Crippen molar-refractivity contribution in [3.8, 4) is 5.75 Å². The first-order valence-corrected chi connectivity index (χ1v) is 7.60. The Morgan fingerprint density at radius 2 is 2.05 bits per heavy atom. The zero-order chi connectivity index (χ0) is 14.9. The van der Waals surface area contributed by atoms with E-state index in [0.29, 0.717) is 0 Å². The molecular formula is C18H24N2O. The van der Waals surface area contributed by atoms with Crippen LogP contribution in [0.1, 0.15) is 30.2 Å². The Morgan fingerprint density at radius 3 is 2.76 bits per heavy atom. The van der Waals surface area contributed by atoms with Gasteiger partial charge in [0.05, 0.1) is 7.11 Å². The van der Waals surface area contributed by atoms with E-state index in [4.69, 9.17) is 4.74 Å². The molecule has 2 aromatic rings. The molecule has 0 aliphatic carbocycles. The SMILES string of the molecule is CCc1cc(OC)ccc1CNCCCc1ccccn1. The lowest BCUT2D eigenvalue weighted by molar-refractivity contribution is 0.414. The lowest BCUT2D eigenvalue weighted by Crippen LogP contribution is -2.16. The van der Waals surface area contributed by atoms with Crippen LogP contribution >= 0.6 is 0 Å². The molecule has 0 saturated carbocycles. The molecule has 2 rings (SSSR count). The molecule has 0 fully saturated rings.